The highest BCUT2D eigenvalue weighted by atomic mass is 16.5. The van der Waals surface area contributed by atoms with Crippen molar-refractivity contribution in [3.05, 3.63) is 34.3 Å². The average Bonchev–Trinajstić information content (AvgIpc) is 2.99. The molecule has 0 radical (unpaired) electrons. The molecule has 0 atom stereocenters. The fraction of sp³-hybridized carbons (Fsp3) is 0.619. The molecular weight excluding hydrogens is 360 g/mol. The van der Waals surface area contributed by atoms with E-state index in [1.807, 2.05) is 12.1 Å². The predicted molar refractivity (Wildman–Crippen MR) is 107 cm³/mol. The summed E-state index contributed by atoms with van der Waals surface area (Å²) in [6, 6.07) is 5.98. The molecule has 7 nitrogen and oxygen atoms in total. The minimum Gasteiger partial charge on any atom is -0.408 e. The molecule has 2 heterocycles. The summed E-state index contributed by atoms with van der Waals surface area (Å²) in [4.78, 5) is 26.6. The van der Waals surface area contributed by atoms with E-state index in [-0.39, 0.29) is 29.7 Å². The van der Waals surface area contributed by atoms with Crippen molar-refractivity contribution in [1.29, 1.82) is 0 Å². The highest BCUT2D eigenvalue weighted by Gasteiger charge is 2.27. The molecule has 1 amide bonds. The van der Waals surface area contributed by atoms with Gasteiger partial charge in [0, 0.05) is 26.2 Å². The summed E-state index contributed by atoms with van der Waals surface area (Å²) >= 11 is 0. The van der Waals surface area contributed by atoms with Crippen molar-refractivity contribution >= 4 is 17.0 Å². The zero-order chi connectivity index (χ0) is 20.3. The van der Waals surface area contributed by atoms with Gasteiger partial charge in [-0.1, -0.05) is 26.8 Å². The number of hydrogen-bond donors (Lipinski definition) is 0. The number of fused-ring (bicyclic) bond motifs is 1. The molecule has 0 aliphatic carbocycles. The number of likely N-dealkylation sites (tertiary alicyclic amines) is 1. The molecule has 3 rings (SSSR count). The van der Waals surface area contributed by atoms with E-state index < -0.39 is 0 Å². The molecule has 1 fully saturated rings. The zero-order valence-electron chi connectivity index (χ0n) is 17.2. The smallest absolute Gasteiger partial charge is 0.408 e. The van der Waals surface area contributed by atoms with Gasteiger partial charge in [-0.25, -0.2) is 4.79 Å². The Morgan fingerprint density at radius 2 is 1.93 bits per heavy atom. The first-order chi connectivity index (χ1) is 13.3. The third-order valence-electron chi connectivity index (χ3n) is 5.32. The molecule has 0 bridgehead atoms. The third-order valence-corrected chi connectivity index (χ3v) is 5.32. The van der Waals surface area contributed by atoms with Crippen molar-refractivity contribution in [1.82, 2.24) is 9.47 Å². The molecule has 28 heavy (non-hydrogen) atoms. The molecule has 1 saturated heterocycles. The molecule has 0 spiro atoms. The van der Waals surface area contributed by atoms with Crippen LogP contribution < -0.4 is 5.76 Å². The molecule has 1 aromatic carbocycles. The molecule has 0 N–H and O–H groups in total. The monoisotopic (exact) mass is 390 g/mol. The molecule has 0 saturated carbocycles. The number of benzene rings is 1. The number of amides is 1. The van der Waals surface area contributed by atoms with Gasteiger partial charge < -0.3 is 18.8 Å². The van der Waals surface area contributed by atoms with Crippen LogP contribution in [0.25, 0.3) is 11.1 Å². The number of hydrogen-bond acceptors (Lipinski definition) is 5. The van der Waals surface area contributed by atoms with Gasteiger partial charge in [-0.05, 0) is 36.0 Å². The Kier molecular flexibility index (Phi) is 6.25. The van der Waals surface area contributed by atoms with Crippen LogP contribution in [0.1, 0.15) is 45.2 Å². The fourth-order valence-electron chi connectivity index (χ4n) is 3.61. The van der Waals surface area contributed by atoms with Crippen LogP contribution in [0.2, 0.25) is 0 Å². The standard InChI is InChI=1S/C21H30N2O5/c1-21(2,3)15-5-6-18-17(13-15)23(20(25)28-18)16-7-9-22(10-8-16)19(24)14-27-12-11-26-4/h5-6,13,16H,7-12,14H2,1-4H3. The van der Waals surface area contributed by atoms with Crippen LogP contribution in [0.4, 0.5) is 0 Å². The summed E-state index contributed by atoms with van der Waals surface area (Å²) in [5.74, 6) is -0.345. The number of aromatic nitrogens is 1. The quantitative estimate of drug-likeness (QED) is 0.709. The molecule has 1 aromatic heterocycles. The highest BCUT2D eigenvalue weighted by molar-refractivity contribution is 5.77. The lowest BCUT2D eigenvalue weighted by atomic mass is 9.87. The second-order valence-electron chi connectivity index (χ2n) is 8.33. The molecule has 154 valence electrons. The highest BCUT2D eigenvalue weighted by Crippen LogP contribution is 2.29. The Hall–Kier alpha value is -2.12. The van der Waals surface area contributed by atoms with E-state index in [1.165, 1.54) is 0 Å². The van der Waals surface area contributed by atoms with Gasteiger partial charge in [0.05, 0.1) is 18.7 Å². The van der Waals surface area contributed by atoms with Crippen molar-refractivity contribution in [2.24, 2.45) is 0 Å². The first kappa shape index (κ1) is 20.6. The van der Waals surface area contributed by atoms with E-state index in [9.17, 15) is 9.59 Å². The Bertz CT molecular complexity index is 869. The summed E-state index contributed by atoms with van der Waals surface area (Å²) in [5, 5.41) is 0. The van der Waals surface area contributed by atoms with Gasteiger partial charge in [0.15, 0.2) is 5.58 Å². The van der Waals surface area contributed by atoms with Crippen molar-refractivity contribution in [2.75, 3.05) is 40.0 Å². The van der Waals surface area contributed by atoms with Crippen LogP contribution in [-0.2, 0) is 19.7 Å². The van der Waals surface area contributed by atoms with Crippen molar-refractivity contribution in [3.63, 3.8) is 0 Å². The number of ether oxygens (including phenoxy) is 2. The van der Waals surface area contributed by atoms with E-state index in [1.54, 1.807) is 16.6 Å². The topological polar surface area (TPSA) is 73.9 Å². The lowest BCUT2D eigenvalue weighted by Gasteiger charge is -2.32. The average molecular weight is 390 g/mol. The number of carbonyl (C=O) groups excluding carboxylic acids is 1. The first-order valence-corrected chi connectivity index (χ1v) is 9.81. The van der Waals surface area contributed by atoms with E-state index in [0.717, 1.165) is 23.9 Å². The van der Waals surface area contributed by atoms with Crippen LogP contribution in [0.15, 0.2) is 27.4 Å². The maximum absolute atomic E-state index is 12.5. The largest absolute Gasteiger partial charge is 0.420 e. The maximum atomic E-state index is 12.5. The maximum Gasteiger partial charge on any atom is 0.420 e. The van der Waals surface area contributed by atoms with Gasteiger partial charge in [-0.2, -0.15) is 0 Å². The van der Waals surface area contributed by atoms with E-state index in [4.69, 9.17) is 13.9 Å². The number of methoxy groups -OCH3 is 1. The van der Waals surface area contributed by atoms with E-state index >= 15 is 0 Å². The lowest BCUT2D eigenvalue weighted by molar-refractivity contribution is -0.137. The molecular formula is C21H30N2O5. The second kappa shape index (κ2) is 8.49. The molecule has 2 aromatic rings. The molecule has 0 unspecified atom stereocenters. The normalized spacial score (nSPS) is 16.1. The van der Waals surface area contributed by atoms with Gasteiger partial charge >= 0.3 is 5.76 Å². The second-order valence-corrected chi connectivity index (χ2v) is 8.33. The Labute approximate surface area is 165 Å². The van der Waals surface area contributed by atoms with Gasteiger partial charge in [0.25, 0.3) is 0 Å². The number of oxazole rings is 1. The van der Waals surface area contributed by atoms with E-state index in [2.05, 4.69) is 26.8 Å². The van der Waals surface area contributed by atoms with Crippen LogP contribution in [0, 0.1) is 0 Å². The number of nitrogens with zero attached hydrogens (tertiary/aromatic N) is 2. The van der Waals surface area contributed by atoms with Crippen LogP contribution >= 0.6 is 0 Å². The number of rotatable bonds is 6. The summed E-state index contributed by atoms with van der Waals surface area (Å²) in [7, 11) is 1.60. The predicted octanol–water partition coefficient (Wildman–Crippen LogP) is 2.72. The van der Waals surface area contributed by atoms with Crippen LogP contribution in [0.3, 0.4) is 0 Å². The van der Waals surface area contributed by atoms with Crippen molar-refractivity contribution in [2.45, 2.75) is 45.1 Å². The molecule has 7 heteroatoms. The summed E-state index contributed by atoms with van der Waals surface area (Å²) in [6.45, 7) is 8.61. The molecule has 1 aliphatic rings. The van der Waals surface area contributed by atoms with Gasteiger partial charge in [-0.15, -0.1) is 0 Å². The zero-order valence-corrected chi connectivity index (χ0v) is 17.2. The summed E-state index contributed by atoms with van der Waals surface area (Å²) in [6.07, 6.45) is 1.44. The Balaban J connectivity index is 1.70. The van der Waals surface area contributed by atoms with Crippen LogP contribution in [0.5, 0.6) is 0 Å². The Morgan fingerprint density at radius 1 is 1.21 bits per heavy atom. The summed E-state index contributed by atoms with van der Waals surface area (Å²) in [5.41, 5.74) is 2.61. The SMILES string of the molecule is COCCOCC(=O)N1CCC(n2c(=O)oc3ccc(C(C)(C)C)cc32)CC1. The minimum atomic E-state index is -0.325. The first-order valence-electron chi connectivity index (χ1n) is 9.81. The minimum absolute atomic E-state index is 0.00899. The third kappa shape index (κ3) is 4.47. The number of piperidine rings is 1. The van der Waals surface area contributed by atoms with Crippen LogP contribution in [-0.4, -0.2) is 55.4 Å². The van der Waals surface area contributed by atoms with E-state index in [0.29, 0.717) is 31.9 Å². The lowest BCUT2D eigenvalue weighted by Crippen LogP contribution is -2.42. The number of carbonyl (C=O) groups is 1. The van der Waals surface area contributed by atoms with Gasteiger partial charge in [-0.3, -0.25) is 9.36 Å². The van der Waals surface area contributed by atoms with Crippen molar-refractivity contribution < 1.29 is 18.7 Å². The van der Waals surface area contributed by atoms with Gasteiger partial charge in [0.1, 0.15) is 6.61 Å². The fourth-order valence-corrected chi connectivity index (χ4v) is 3.61. The van der Waals surface area contributed by atoms with Crippen molar-refractivity contribution in [3.8, 4) is 0 Å². The summed E-state index contributed by atoms with van der Waals surface area (Å²) < 4.78 is 17.5. The molecule has 1 aliphatic heterocycles. The van der Waals surface area contributed by atoms with Gasteiger partial charge in [0.2, 0.25) is 5.91 Å². The Morgan fingerprint density at radius 3 is 2.57 bits per heavy atom.